The molecule has 1 N–H and O–H groups in total. The quantitative estimate of drug-likeness (QED) is 0.505. The van der Waals surface area contributed by atoms with Gasteiger partial charge in [0.1, 0.15) is 28.7 Å². The molecule has 1 amide bonds. The van der Waals surface area contributed by atoms with Crippen molar-refractivity contribution >= 4 is 17.6 Å². The molecule has 1 saturated carbocycles. The minimum absolute atomic E-state index is 0.0762. The molecule has 0 bridgehead atoms. The molecule has 1 aliphatic carbocycles. The summed E-state index contributed by atoms with van der Waals surface area (Å²) in [6, 6.07) is 1.88. The van der Waals surface area contributed by atoms with Crippen molar-refractivity contribution in [2.75, 3.05) is 24.6 Å². The topological polar surface area (TPSA) is 84.4 Å². The van der Waals surface area contributed by atoms with E-state index in [-0.39, 0.29) is 17.6 Å². The number of halogens is 2. The second-order valence-electron chi connectivity index (χ2n) is 9.71. The van der Waals surface area contributed by atoms with Crippen LogP contribution in [0.15, 0.2) is 24.5 Å². The number of benzene rings is 1. The summed E-state index contributed by atoms with van der Waals surface area (Å²) in [5, 5.41) is 2.64. The molecule has 1 aromatic carbocycles. The maximum absolute atomic E-state index is 14.5. The Balaban J connectivity index is 1.19. The van der Waals surface area contributed by atoms with E-state index in [0.29, 0.717) is 38.2 Å². The number of carbonyl (C=O) groups is 2. The molecule has 2 fully saturated rings. The van der Waals surface area contributed by atoms with Crippen molar-refractivity contribution < 1.29 is 23.1 Å². The molecule has 1 saturated heterocycles. The number of hydrogen-bond acceptors (Lipinski definition) is 6. The number of ketones is 1. The predicted octanol–water partition coefficient (Wildman–Crippen LogP) is 4.63. The number of hydrogen-bond donors (Lipinski definition) is 1. The molecule has 0 radical (unpaired) electrons. The summed E-state index contributed by atoms with van der Waals surface area (Å²) in [5.74, 6) is -1.12. The number of aromatic nitrogens is 2. The summed E-state index contributed by atoms with van der Waals surface area (Å²) < 4.78 is 34.7. The number of nitrogens with one attached hydrogen (secondary N) is 1. The van der Waals surface area contributed by atoms with Crippen LogP contribution in [0.25, 0.3) is 0 Å². The van der Waals surface area contributed by atoms with Gasteiger partial charge >= 0.3 is 0 Å². The first-order valence-electron chi connectivity index (χ1n) is 12.9. The summed E-state index contributed by atoms with van der Waals surface area (Å²) in [5.41, 5.74) is 0.517. The van der Waals surface area contributed by atoms with E-state index in [9.17, 15) is 18.4 Å². The van der Waals surface area contributed by atoms with Gasteiger partial charge in [-0.15, -0.1) is 0 Å². The van der Waals surface area contributed by atoms with E-state index in [4.69, 9.17) is 4.74 Å². The molecule has 2 aliphatic rings. The lowest BCUT2D eigenvalue weighted by Gasteiger charge is -2.32. The molecule has 1 aromatic heterocycles. The molecule has 0 spiro atoms. The molecule has 4 rings (SSSR count). The fraction of sp³-hybridized carbons (Fsp3) is 0.556. The van der Waals surface area contributed by atoms with Crippen molar-refractivity contribution in [3.63, 3.8) is 0 Å². The first kappa shape index (κ1) is 26.0. The van der Waals surface area contributed by atoms with E-state index in [2.05, 4.69) is 27.1 Å². The Kier molecular flexibility index (Phi) is 8.83. The third-order valence-corrected chi connectivity index (χ3v) is 7.14. The molecule has 36 heavy (non-hydrogen) atoms. The van der Waals surface area contributed by atoms with Gasteiger partial charge < -0.3 is 15.0 Å². The number of ether oxygens (including phenoxy) is 1. The first-order chi connectivity index (χ1) is 17.4. The molecule has 0 unspecified atom stereocenters. The summed E-state index contributed by atoms with van der Waals surface area (Å²) in [6.45, 7) is 4.25. The second-order valence-corrected chi connectivity index (χ2v) is 9.71. The molecule has 0 atom stereocenters. The van der Waals surface area contributed by atoms with Crippen molar-refractivity contribution in [3.8, 4) is 5.75 Å². The number of carbonyl (C=O) groups excluding carboxylic acids is 2. The van der Waals surface area contributed by atoms with Gasteiger partial charge in [0, 0.05) is 56.5 Å². The van der Waals surface area contributed by atoms with Gasteiger partial charge in [-0.3, -0.25) is 9.59 Å². The van der Waals surface area contributed by atoms with E-state index in [1.807, 2.05) is 12.4 Å². The van der Waals surface area contributed by atoms with Crippen LogP contribution in [0.3, 0.4) is 0 Å². The SMILES string of the molecule is CCc1cnc(N2CCC(CCCOc3cc(F)c(C(=O)NC4CCC(=O)CC4)c(F)c3)CC2)nc1. The second kappa shape index (κ2) is 12.2. The Morgan fingerprint density at radius 3 is 2.33 bits per heavy atom. The molecule has 1 aliphatic heterocycles. The molecular weight excluding hydrogens is 466 g/mol. The Morgan fingerprint density at radius 2 is 1.72 bits per heavy atom. The number of rotatable bonds is 9. The number of Topliss-reactive ketones (excluding diaryl/α,β-unsaturated/α-hetero) is 1. The van der Waals surface area contributed by atoms with Crippen molar-refractivity contribution in [3.05, 3.63) is 47.3 Å². The molecule has 194 valence electrons. The molecular formula is C27H34F2N4O3. The maximum atomic E-state index is 14.5. The smallest absolute Gasteiger partial charge is 0.257 e. The van der Waals surface area contributed by atoms with Gasteiger partial charge in [-0.25, -0.2) is 18.7 Å². The normalized spacial score (nSPS) is 17.3. The third kappa shape index (κ3) is 6.77. The summed E-state index contributed by atoms with van der Waals surface area (Å²) in [6.07, 6.45) is 10.3. The van der Waals surface area contributed by atoms with Gasteiger partial charge in [-0.2, -0.15) is 0 Å². The lowest BCUT2D eigenvalue weighted by atomic mass is 9.92. The average molecular weight is 501 g/mol. The lowest BCUT2D eigenvalue weighted by molar-refractivity contribution is -0.120. The lowest BCUT2D eigenvalue weighted by Crippen LogP contribution is -2.38. The molecule has 9 heteroatoms. The van der Waals surface area contributed by atoms with Crippen LogP contribution < -0.4 is 15.0 Å². The molecule has 2 heterocycles. The van der Waals surface area contributed by atoms with Gasteiger partial charge in [0.15, 0.2) is 0 Å². The minimum atomic E-state index is -0.948. The van der Waals surface area contributed by atoms with Crippen LogP contribution in [-0.4, -0.2) is 47.4 Å². The first-order valence-corrected chi connectivity index (χ1v) is 12.9. The largest absolute Gasteiger partial charge is 0.493 e. The van der Waals surface area contributed by atoms with Crippen molar-refractivity contribution in [1.29, 1.82) is 0 Å². The predicted molar refractivity (Wildman–Crippen MR) is 132 cm³/mol. The van der Waals surface area contributed by atoms with Crippen LogP contribution >= 0.6 is 0 Å². The van der Waals surface area contributed by atoms with E-state index < -0.39 is 23.1 Å². The highest BCUT2D eigenvalue weighted by Crippen LogP contribution is 2.26. The van der Waals surface area contributed by atoms with Crippen molar-refractivity contribution in [1.82, 2.24) is 15.3 Å². The van der Waals surface area contributed by atoms with Crippen LogP contribution in [0.4, 0.5) is 14.7 Å². The van der Waals surface area contributed by atoms with Crippen molar-refractivity contribution in [2.24, 2.45) is 5.92 Å². The molecule has 7 nitrogen and oxygen atoms in total. The Labute approximate surface area is 210 Å². The Morgan fingerprint density at radius 1 is 1.08 bits per heavy atom. The third-order valence-electron chi connectivity index (χ3n) is 7.14. The number of nitrogens with zero attached hydrogens (tertiary/aromatic N) is 3. The standard InChI is InChI=1S/C27H34F2N4O3/c1-2-18-16-30-27(31-17-18)33-11-9-19(10-12-33)4-3-13-36-22-14-23(28)25(24(29)15-22)26(35)32-20-5-7-21(34)8-6-20/h14-17,19-20H,2-13H2,1H3,(H,32,35). The number of anilines is 1. The van der Waals surface area contributed by atoms with Crippen LogP contribution in [0.5, 0.6) is 5.75 Å². The highest BCUT2D eigenvalue weighted by Gasteiger charge is 2.25. The number of piperidine rings is 1. The van der Waals surface area contributed by atoms with Crippen LogP contribution in [0, 0.1) is 17.6 Å². The highest BCUT2D eigenvalue weighted by molar-refractivity contribution is 5.95. The zero-order chi connectivity index (χ0) is 25.5. The summed E-state index contributed by atoms with van der Waals surface area (Å²) in [7, 11) is 0. The summed E-state index contributed by atoms with van der Waals surface area (Å²) >= 11 is 0. The maximum Gasteiger partial charge on any atom is 0.257 e. The monoisotopic (exact) mass is 500 g/mol. The van der Waals surface area contributed by atoms with Gasteiger partial charge in [0.2, 0.25) is 5.95 Å². The minimum Gasteiger partial charge on any atom is -0.493 e. The Bertz CT molecular complexity index is 1020. The van der Waals surface area contributed by atoms with Crippen LogP contribution in [0.2, 0.25) is 0 Å². The molecule has 2 aromatic rings. The number of aryl methyl sites for hydroxylation is 1. The average Bonchev–Trinajstić information content (AvgIpc) is 2.88. The van der Waals surface area contributed by atoms with Gasteiger partial charge in [-0.1, -0.05) is 6.92 Å². The van der Waals surface area contributed by atoms with E-state index in [0.717, 1.165) is 68.8 Å². The van der Waals surface area contributed by atoms with Crippen molar-refractivity contribution in [2.45, 2.75) is 70.8 Å². The fourth-order valence-electron chi connectivity index (χ4n) is 4.87. The van der Waals surface area contributed by atoms with E-state index >= 15 is 0 Å². The van der Waals surface area contributed by atoms with Crippen LogP contribution in [0.1, 0.15) is 74.2 Å². The number of amides is 1. The fourth-order valence-corrected chi connectivity index (χ4v) is 4.87. The highest BCUT2D eigenvalue weighted by atomic mass is 19.1. The zero-order valence-electron chi connectivity index (χ0n) is 20.8. The Hall–Kier alpha value is -3.10. The van der Waals surface area contributed by atoms with E-state index in [1.165, 1.54) is 0 Å². The van der Waals surface area contributed by atoms with E-state index in [1.54, 1.807) is 0 Å². The zero-order valence-corrected chi connectivity index (χ0v) is 20.8. The summed E-state index contributed by atoms with van der Waals surface area (Å²) in [4.78, 5) is 34.9. The van der Waals surface area contributed by atoms with Gasteiger partial charge in [0.25, 0.3) is 5.91 Å². The van der Waals surface area contributed by atoms with Gasteiger partial charge in [0.05, 0.1) is 6.61 Å². The van der Waals surface area contributed by atoms with Gasteiger partial charge in [-0.05, 0) is 56.4 Å². The van der Waals surface area contributed by atoms with Crippen LogP contribution in [-0.2, 0) is 11.2 Å².